The predicted octanol–water partition coefficient (Wildman–Crippen LogP) is 3.21. The number of esters is 2. The highest BCUT2D eigenvalue weighted by atomic mass is 35.7. The molecule has 0 bridgehead atoms. The predicted molar refractivity (Wildman–Crippen MR) is 102 cm³/mol. The van der Waals surface area contributed by atoms with Crippen molar-refractivity contribution in [1.29, 1.82) is 0 Å². The van der Waals surface area contributed by atoms with E-state index < -0.39 is 33.3 Å². The molecule has 2 aromatic carbocycles. The molecule has 0 amide bonds. The minimum atomic E-state index is -4.25. The Morgan fingerprint density at radius 1 is 0.821 bits per heavy atom. The van der Waals surface area contributed by atoms with Gasteiger partial charge in [-0.05, 0) is 24.3 Å². The van der Waals surface area contributed by atoms with Crippen LogP contribution in [0.1, 0.15) is 27.6 Å². The molecule has 2 rings (SSSR count). The summed E-state index contributed by atoms with van der Waals surface area (Å²) in [6.07, 6.45) is 0. The molecule has 0 saturated heterocycles. The third-order valence-corrected chi connectivity index (χ3v) is 4.34. The summed E-state index contributed by atoms with van der Waals surface area (Å²) >= 11 is 0. The standard InChI is InChI=1S/C19H19ClO7S/c1-19(14-27-28(20,23)24,12-25-17(21)15-8-4-2-5-9-15)13-26-18(22)16-10-6-3-7-11-16/h2-11H,12-14H2,1H3. The van der Waals surface area contributed by atoms with Gasteiger partial charge in [0.05, 0.1) is 23.1 Å². The first-order valence-electron chi connectivity index (χ1n) is 8.22. The summed E-state index contributed by atoms with van der Waals surface area (Å²) in [6.45, 7) is 0.596. The highest BCUT2D eigenvalue weighted by Gasteiger charge is 2.31. The molecule has 0 saturated carbocycles. The summed E-state index contributed by atoms with van der Waals surface area (Å²) in [6, 6.07) is 16.5. The fraction of sp³-hybridized carbons (Fsp3) is 0.263. The van der Waals surface area contributed by atoms with E-state index in [1.165, 1.54) is 0 Å². The van der Waals surface area contributed by atoms with Crippen molar-refractivity contribution in [2.24, 2.45) is 5.41 Å². The quantitative estimate of drug-likeness (QED) is 0.448. The van der Waals surface area contributed by atoms with E-state index >= 15 is 0 Å². The van der Waals surface area contributed by atoms with E-state index in [1.807, 2.05) is 0 Å². The molecular weight excluding hydrogens is 408 g/mol. The van der Waals surface area contributed by atoms with Gasteiger partial charge in [0.1, 0.15) is 13.2 Å². The number of halogens is 1. The van der Waals surface area contributed by atoms with Crippen LogP contribution in [0.15, 0.2) is 60.7 Å². The van der Waals surface area contributed by atoms with Crippen molar-refractivity contribution in [2.45, 2.75) is 6.92 Å². The van der Waals surface area contributed by atoms with Gasteiger partial charge in [-0.1, -0.05) is 43.3 Å². The monoisotopic (exact) mass is 426 g/mol. The van der Waals surface area contributed by atoms with Crippen LogP contribution in [0.4, 0.5) is 0 Å². The first-order chi connectivity index (χ1) is 13.2. The Kier molecular flexibility index (Phi) is 7.56. The van der Waals surface area contributed by atoms with E-state index in [2.05, 4.69) is 4.18 Å². The number of rotatable bonds is 9. The van der Waals surface area contributed by atoms with Gasteiger partial charge in [0.2, 0.25) is 0 Å². The van der Waals surface area contributed by atoms with E-state index in [0.717, 1.165) is 0 Å². The molecule has 150 valence electrons. The zero-order valence-electron chi connectivity index (χ0n) is 15.0. The molecule has 0 aliphatic heterocycles. The zero-order valence-corrected chi connectivity index (χ0v) is 16.6. The lowest BCUT2D eigenvalue weighted by Gasteiger charge is -2.27. The molecule has 28 heavy (non-hydrogen) atoms. The average Bonchev–Trinajstić information content (AvgIpc) is 2.70. The summed E-state index contributed by atoms with van der Waals surface area (Å²) in [5, 5.41) is 0. The first kappa shape index (κ1) is 21.9. The molecule has 0 radical (unpaired) electrons. The Labute approximate surface area is 167 Å². The van der Waals surface area contributed by atoms with Crippen molar-refractivity contribution in [3.8, 4) is 0 Å². The molecule has 0 fully saturated rings. The van der Waals surface area contributed by atoms with Crippen molar-refractivity contribution in [3.05, 3.63) is 71.8 Å². The topological polar surface area (TPSA) is 96.0 Å². The number of hydrogen-bond donors (Lipinski definition) is 0. The lowest BCUT2D eigenvalue weighted by molar-refractivity contribution is -0.0138. The van der Waals surface area contributed by atoms with Crippen molar-refractivity contribution in [3.63, 3.8) is 0 Å². The molecule has 9 heteroatoms. The van der Waals surface area contributed by atoms with Crippen LogP contribution in [0.2, 0.25) is 0 Å². The van der Waals surface area contributed by atoms with Crippen LogP contribution in [0.3, 0.4) is 0 Å². The largest absolute Gasteiger partial charge is 0.461 e. The second-order valence-corrected chi connectivity index (χ2v) is 8.51. The van der Waals surface area contributed by atoms with Crippen LogP contribution in [0, 0.1) is 5.41 Å². The third-order valence-electron chi connectivity index (χ3n) is 3.67. The van der Waals surface area contributed by atoms with Crippen LogP contribution in [0.5, 0.6) is 0 Å². The highest BCUT2D eigenvalue weighted by Crippen LogP contribution is 2.22. The maximum atomic E-state index is 12.1. The van der Waals surface area contributed by atoms with Crippen molar-refractivity contribution in [2.75, 3.05) is 19.8 Å². The Morgan fingerprint density at radius 3 is 1.57 bits per heavy atom. The van der Waals surface area contributed by atoms with Gasteiger partial charge < -0.3 is 9.47 Å². The van der Waals surface area contributed by atoms with E-state index in [4.69, 9.17) is 20.2 Å². The summed E-state index contributed by atoms with van der Waals surface area (Å²) in [5.41, 5.74) is -0.481. The number of carbonyl (C=O) groups is 2. The van der Waals surface area contributed by atoms with Crippen LogP contribution in [-0.2, 0) is 23.0 Å². The van der Waals surface area contributed by atoms with Crippen molar-refractivity contribution >= 4 is 32.0 Å². The van der Waals surface area contributed by atoms with Gasteiger partial charge in [0.15, 0.2) is 0 Å². The lowest BCUT2D eigenvalue weighted by atomic mass is 9.94. The molecule has 0 spiro atoms. The Balaban J connectivity index is 2.03. The van der Waals surface area contributed by atoms with Gasteiger partial charge >= 0.3 is 21.3 Å². The minimum Gasteiger partial charge on any atom is -0.461 e. The summed E-state index contributed by atoms with van der Waals surface area (Å²) in [5.74, 6) is -1.20. The van der Waals surface area contributed by atoms with Crippen LogP contribution in [-0.4, -0.2) is 40.2 Å². The molecule has 0 unspecified atom stereocenters. The van der Waals surface area contributed by atoms with Crippen LogP contribution < -0.4 is 0 Å². The molecule has 0 aromatic heterocycles. The van der Waals surface area contributed by atoms with Crippen LogP contribution >= 0.6 is 10.7 Å². The Bertz CT molecular complexity index is 843. The van der Waals surface area contributed by atoms with Gasteiger partial charge in [-0.3, -0.25) is 4.18 Å². The lowest BCUT2D eigenvalue weighted by Crippen LogP contribution is -2.36. The minimum absolute atomic E-state index is 0.255. The van der Waals surface area contributed by atoms with E-state index in [9.17, 15) is 18.0 Å². The number of hydrogen-bond acceptors (Lipinski definition) is 7. The number of carbonyl (C=O) groups excluding carboxylic acids is 2. The fourth-order valence-corrected chi connectivity index (χ4v) is 2.69. The Hall–Kier alpha value is -2.42. The maximum absolute atomic E-state index is 12.1. The second-order valence-electron chi connectivity index (χ2n) is 6.35. The first-order valence-corrected chi connectivity index (χ1v) is 10.5. The average molecular weight is 427 g/mol. The fourth-order valence-electron chi connectivity index (χ4n) is 2.13. The zero-order chi connectivity index (χ0) is 20.6. The highest BCUT2D eigenvalue weighted by molar-refractivity contribution is 8.09. The molecule has 7 nitrogen and oxygen atoms in total. The number of benzene rings is 2. The van der Waals surface area contributed by atoms with E-state index in [-0.39, 0.29) is 13.2 Å². The second kappa shape index (κ2) is 9.68. The molecule has 0 atom stereocenters. The van der Waals surface area contributed by atoms with E-state index in [1.54, 1.807) is 67.6 Å². The molecule has 2 aromatic rings. The van der Waals surface area contributed by atoms with Gasteiger partial charge in [0, 0.05) is 10.7 Å². The Morgan fingerprint density at radius 2 is 1.21 bits per heavy atom. The summed E-state index contributed by atoms with van der Waals surface area (Å²) in [4.78, 5) is 24.3. The molecular formula is C19H19ClO7S. The third kappa shape index (κ3) is 7.30. The van der Waals surface area contributed by atoms with Crippen molar-refractivity contribution < 1.29 is 31.7 Å². The van der Waals surface area contributed by atoms with Gasteiger partial charge in [0.25, 0.3) is 0 Å². The normalized spacial score (nSPS) is 11.6. The molecule has 0 N–H and O–H groups in total. The smallest absolute Gasteiger partial charge is 0.355 e. The van der Waals surface area contributed by atoms with Gasteiger partial charge in [-0.2, -0.15) is 8.42 Å². The SMILES string of the molecule is CC(COC(=O)c1ccccc1)(COC(=O)c1ccccc1)COS(=O)(=O)Cl. The molecule has 0 aliphatic carbocycles. The van der Waals surface area contributed by atoms with Crippen molar-refractivity contribution in [1.82, 2.24) is 0 Å². The molecule has 0 aliphatic rings. The molecule has 0 heterocycles. The maximum Gasteiger partial charge on any atom is 0.355 e. The van der Waals surface area contributed by atoms with Gasteiger partial charge in [-0.15, -0.1) is 0 Å². The van der Waals surface area contributed by atoms with Gasteiger partial charge in [-0.25, -0.2) is 9.59 Å². The summed E-state index contributed by atoms with van der Waals surface area (Å²) < 4.78 is 37.4. The van der Waals surface area contributed by atoms with Crippen LogP contribution in [0.25, 0.3) is 0 Å². The number of ether oxygens (including phenoxy) is 2. The van der Waals surface area contributed by atoms with E-state index in [0.29, 0.717) is 11.1 Å². The summed E-state index contributed by atoms with van der Waals surface area (Å²) in [7, 11) is 0.843.